The predicted molar refractivity (Wildman–Crippen MR) is 74.9 cm³/mol. The number of benzene rings is 1. The molecule has 0 bridgehead atoms. The van der Waals surface area contributed by atoms with Gasteiger partial charge in [-0.15, -0.1) is 0 Å². The molecule has 0 aromatic heterocycles. The third kappa shape index (κ3) is 2.71. The molecular weight excluding hydrogens is 259 g/mol. The molecule has 5 heteroatoms. The summed E-state index contributed by atoms with van der Waals surface area (Å²) >= 11 is 0. The van der Waals surface area contributed by atoms with Crippen molar-refractivity contribution in [3.8, 4) is 0 Å². The molecule has 1 aromatic rings. The lowest BCUT2D eigenvalue weighted by atomic mass is 10.1. The van der Waals surface area contributed by atoms with Crippen molar-refractivity contribution in [1.82, 2.24) is 4.90 Å². The van der Waals surface area contributed by atoms with Crippen molar-refractivity contribution in [2.24, 2.45) is 0 Å². The predicted octanol–water partition coefficient (Wildman–Crippen LogP) is 1.89. The number of carbonyl (C=O) groups is 2. The Balaban J connectivity index is 2.20. The van der Waals surface area contributed by atoms with Crippen LogP contribution in [-0.4, -0.2) is 36.3 Å². The van der Waals surface area contributed by atoms with E-state index in [0.29, 0.717) is 30.9 Å². The lowest BCUT2D eigenvalue weighted by Crippen LogP contribution is -2.54. The Labute approximate surface area is 117 Å². The molecule has 0 unspecified atom stereocenters. The fraction of sp³-hybridized carbons (Fsp3) is 0.333. The molecule has 4 nitrogen and oxygen atoms in total. The molecule has 1 aromatic carbocycles. The Morgan fingerprint density at radius 3 is 2.60 bits per heavy atom. The largest absolute Gasteiger partial charge is 0.329 e. The topological polar surface area (TPSA) is 40.6 Å². The van der Waals surface area contributed by atoms with E-state index in [2.05, 4.69) is 6.58 Å². The van der Waals surface area contributed by atoms with Gasteiger partial charge in [0.15, 0.2) is 0 Å². The number of aryl methyl sites for hydroxylation is 1. The minimum Gasteiger partial charge on any atom is -0.329 e. The molecule has 106 valence electrons. The normalized spacial score (nSPS) is 15.8. The zero-order valence-corrected chi connectivity index (χ0v) is 11.6. The summed E-state index contributed by atoms with van der Waals surface area (Å²) in [6.45, 7) is 8.35. The molecule has 1 heterocycles. The second-order valence-corrected chi connectivity index (χ2v) is 5.07. The summed E-state index contributed by atoms with van der Waals surface area (Å²) in [5.41, 5.74) is 1.75. The average molecular weight is 276 g/mol. The summed E-state index contributed by atoms with van der Waals surface area (Å²) in [5, 5.41) is 0. The smallest absolute Gasteiger partial charge is 0.316 e. The molecule has 0 atom stereocenters. The van der Waals surface area contributed by atoms with Gasteiger partial charge in [-0.2, -0.15) is 0 Å². The number of hydrogen-bond donors (Lipinski definition) is 0. The summed E-state index contributed by atoms with van der Waals surface area (Å²) in [7, 11) is 0. The number of rotatable bonds is 3. The summed E-state index contributed by atoms with van der Waals surface area (Å²) < 4.78 is 13.6. The van der Waals surface area contributed by atoms with E-state index in [1.165, 1.54) is 15.9 Å². The molecule has 0 saturated carbocycles. The van der Waals surface area contributed by atoms with Crippen molar-refractivity contribution in [3.05, 3.63) is 41.7 Å². The molecule has 1 aliphatic heterocycles. The molecule has 20 heavy (non-hydrogen) atoms. The molecule has 0 aliphatic carbocycles. The summed E-state index contributed by atoms with van der Waals surface area (Å²) in [6, 6.07) is 4.54. The van der Waals surface area contributed by atoms with Gasteiger partial charge in [0.2, 0.25) is 0 Å². The van der Waals surface area contributed by atoms with Gasteiger partial charge in [0.05, 0.1) is 0 Å². The van der Waals surface area contributed by atoms with Gasteiger partial charge in [-0.3, -0.25) is 9.59 Å². The number of hydrogen-bond acceptors (Lipinski definition) is 2. The van der Waals surface area contributed by atoms with Crippen molar-refractivity contribution >= 4 is 17.5 Å². The fourth-order valence-electron chi connectivity index (χ4n) is 2.15. The van der Waals surface area contributed by atoms with E-state index in [4.69, 9.17) is 0 Å². The molecule has 2 rings (SSSR count). The highest BCUT2D eigenvalue weighted by Crippen LogP contribution is 2.21. The van der Waals surface area contributed by atoms with Gasteiger partial charge in [-0.1, -0.05) is 18.2 Å². The number of halogens is 1. The Morgan fingerprint density at radius 2 is 2.00 bits per heavy atom. The minimum atomic E-state index is -0.624. The maximum atomic E-state index is 13.6. The van der Waals surface area contributed by atoms with Crippen molar-refractivity contribution in [1.29, 1.82) is 0 Å². The first kappa shape index (κ1) is 14.2. The van der Waals surface area contributed by atoms with Crippen LogP contribution in [-0.2, 0) is 9.59 Å². The van der Waals surface area contributed by atoms with E-state index in [-0.39, 0.29) is 5.82 Å². The Morgan fingerprint density at radius 1 is 1.30 bits per heavy atom. The van der Waals surface area contributed by atoms with Crippen LogP contribution < -0.4 is 4.90 Å². The van der Waals surface area contributed by atoms with Crippen molar-refractivity contribution in [2.45, 2.75) is 13.8 Å². The SMILES string of the molecule is C=C(C)CN1CCN(c2ccc(C)c(F)c2)C(=O)C1=O. The van der Waals surface area contributed by atoms with Crippen molar-refractivity contribution in [3.63, 3.8) is 0 Å². The second kappa shape index (κ2) is 5.45. The molecule has 2 amide bonds. The molecule has 0 radical (unpaired) electrons. The Kier molecular flexibility index (Phi) is 3.88. The molecule has 1 aliphatic rings. The summed E-state index contributed by atoms with van der Waals surface area (Å²) in [5.74, 6) is -1.58. The molecular formula is C15H17FN2O2. The number of carbonyl (C=O) groups excluding carboxylic acids is 2. The zero-order chi connectivity index (χ0) is 14.9. The quantitative estimate of drug-likeness (QED) is 0.625. The highest BCUT2D eigenvalue weighted by Gasteiger charge is 2.33. The monoisotopic (exact) mass is 276 g/mol. The van der Waals surface area contributed by atoms with Gasteiger partial charge in [0.25, 0.3) is 0 Å². The zero-order valence-electron chi connectivity index (χ0n) is 11.6. The minimum absolute atomic E-state index is 0.361. The highest BCUT2D eigenvalue weighted by atomic mass is 19.1. The van der Waals surface area contributed by atoms with Gasteiger partial charge >= 0.3 is 11.8 Å². The van der Waals surface area contributed by atoms with Crippen LogP contribution in [0.15, 0.2) is 30.4 Å². The maximum Gasteiger partial charge on any atom is 0.316 e. The summed E-state index contributed by atoms with van der Waals surface area (Å²) in [4.78, 5) is 26.9. The molecule has 0 spiro atoms. The van der Waals surface area contributed by atoms with Gasteiger partial charge in [0, 0.05) is 25.3 Å². The van der Waals surface area contributed by atoms with Crippen LogP contribution in [0.25, 0.3) is 0 Å². The Hall–Kier alpha value is -2.17. The average Bonchev–Trinajstić information content (AvgIpc) is 2.38. The van der Waals surface area contributed by atoms with Crippen LogP contribution in [0.5, 0.6) is 0 Å². The van der Waals surface area contributed by atoms with E-state index in [0.717, 1.165) is 5.57 Å². The Bertz CT molecular complexity index is 583. The van der Waals surface area contributed by atoms with E-state index in [1.54, 1.807) is 26.0 Å². The highest BCUT2D eigenvalue weighted by molar-refractivity contribution is 6.41. The third-order valence-corrected chi connectivity index (χ3v) is 3.24. The van der Waals surface area contributed by atoms with Gasteiger partial charge in [-0.25, -0.2) is 4.39 Å². The number of amides is 2. The molecule has 1 fully saturated rings. The maximum absolute atomic E-state index is 13.6. The van der Waals surface area contributed by atoms with E-state index < -0.39 is 11.8 Å². The fourth-order valence-corrected chi connectivity index (χ4v) is 2.15. The van der Waals surface area contributed by atoms with Crippen molar-refractivity contribution < 1.29 is 14.0 Å². The number of piperazine rings is 1. The van der Waals surface area contributed by atoms with Crippen LogP contribution in [0.3, 0.4) is 0 Å². The lowest BCUT2D eigenvalue weighted by molar-refractivity contribution is -0.145. The van der Waals surface area contributed by atoms with Crippen LogP contribution in [0.2, 0.25) is 0 Å². The van der Waals surface area contributed by atoms with Crippen LogP contribution in [0.4, 0.5) is 10.1 Å². The molecule has 1 saturated heterocycles. The lowest BCUT2D eigenvalue weighted by Gasteiger charge is -2.33. The number of anilines is 1. The first-order valence-corrected chi connectivity index (χ1v) is 6.41. The van der Waals surface area contributed by atoms with Crippen LogP contribution >= 0.6 is 0 Å². The van der Waals surface area contributed by atoms with E-state index in [9.17, 15) is 14.0 Å². The van der Waals surface area contributed by atoms with Crippen LogP contribution in [0.1, 0.15) is 12.5 Å². The van der Waals surface area contributed by atoms with E-state index in [1.807, 2.05) is 0 Å². The summed E-state index contributed by atoms with van der Waals surface area (Å²) in [6.07, 6.45) is 0. The molecule has 0 N–H and O–H groups in total. The van der Waals surface area contributed by atoms with Gasteiger partial charge in [0.1, 0.15) is 5.82 Å². The second-order valence-electron chi connectivity index (χ2n) is 5.07. The van der Waals surface area contributed by atoms with Crippen LogP contribution in [0, 0.1) is 12.7 Å². The van der Waals surface area contributed by atoms with Gasteiger partial charge in [-0.05, 0) is 31.5 Å². The van der Waals surface area contributed by atoms with E-state index >= 15 is 0 Å². The third-order valence-electron chi connectivity index (χ3n) is 3.24. The first-order chi connectivity index (χ1) is 9.40. The van der Waals surface area contributed by atoms with Gasteiger partial charge < -0.3 is 9.80 Å². The van der Waals surface area contributed by atoms with Crippen molar-refractivity contribution in [2.75, 3.05) is 24.5 Å². The number of nitrogens with zero attached hydrogens (tertiary/aromatic N) is 2. The first-order valence-electron chi connectivity index (χ1n) is 6.41. The standard InChI is InChI=1S/C15H17FN2O2/c1-10(2)9-17-6-7-18(15(20)14(17)19)12-5-4-11(3)13(16)8-12/h4-5,8H,1,6-7,9H2,2-3H3.